The molecule has 94 valence electrons. The van der Waals surface area contributed by atoms with Gasteiger partial charge >= 0.3 is 0 Å². The Labute approximate surface area is 101 Å². The fraction of sp³-hybridized carbons (Fsp3) is 0.538. The maximum absolute atomic E-state index is 10.1. The number of ether oxygens (including phenoxy) is 1. The Hall–Kier alpha value is -1.10. The molecule has 2 atom stereocenters. The average Bonchev–Trinajstić information content (AvgIpc) is 2.29. The second kappa shape index (κ2) is 5.49. The van der Waals surface area contributed by atoms with Gasteiger partial charge in [0, 0.05) is 19.5 Å². The standard InChI is InChI=1S/C13H19NO3/c1-14-5-6-17-13(9-14)12(16)8-10-3-2-4-11(15)7-10/h2-4,7,12-13,15-16H,5-6,8-9H2,1H3. The number of aliphatic hydroxyl groups is 1. The van der Waals surface area contributed by atoms with Crippen LogP contribution in [0.25, 0.3) is 0 Å². The van der Waals surface area contributed by atoms with Crippen LogP contribution < -0.4 is 0 Å². The van der Waals surface area contributed by atoms with Gasteiger partial charge < -0.3 is 19.8 Å². The van der Waals surface area contributed by atoms with Gasteiger partial charge in [-0.1, -0.05) is 12.1 Å². The minimum absolute atomic E-state index is 0.143. The second-order valence-electron chi connectivity index (χ2n) is 4.61. The SMILES string of the molecule is CN1CCOC(C(O)Cc2cccc(O)c2)C1. The Morgan fingerprint density at radius 1 is 1.53 bits per heavy atom. The first-order valence-electron chi connectivity index (χ1n) is 5.91. The summed E-state index contributed by atoms with van der Waals surface area (Å²) in [7, 11) is 2.02. The maximum Gasteiger partial charge on any atom is 0.115 e. The molecule has 2 rings (SSSR count). The first-order valence-corrected chi connectivity index (χ1v) is 5.91. The van der Waals surface area contributed by atoms with E-state index in [9.17, 15) is 10.2 Å². The van der Waals surface area contributed by atoms with Crippen molar-refractivity contribution in [1.29, 1.82) is 0 Å². The zero-order valence-electron chi connectivity index (χ0n) is 10.0. The fourth-order valence-electron chi connectivity index (χ4n) is 2.10. The van der Waals surface area contributed by atoms with E-state index in [2.05, 4.69) is 4.90 Å². The van der Waals surface area contributed by atoms with E-state index < -0.39 is 6.10 Å². The van der Waals surface area contributed by atoms with E-state index in [4.69, 9.17) is 4.74 Å². The average molecular weight is 237 g/mol. The van der Waals surface area contributed by atoms with Gasteiger partial charge in [-0.3, -0.25) is 0 Å². The first kappa shape index (κ1) is 12.4. The third-order valence-electron chi connectivity index (χ3n) is 3.08. The van der Waals surface area contributed by atoms with Crippen molar-refractivity contribution in [2.24, 2.45) is 0 Å². The normalized spacial score (nSPS) is 23.5. The van der Waals surface area contributed by atoms with Gasteiger partial charge in [-0.25, -0.2) is 0 Å². The highest BCUT2D eigenvalue weighted by atomic mass is 16.5. The second-order valence-corrected chi connectivity index (χ2v) is 4.61. The van der Waals surface area contributed by atoms with Gasteiger partial charge in [0.25, 0.3) is 0 Å². The molecular formula is C13H19NO3. The minimum atomic E-state index is -0.528. The summed E-state index contributed by atoms with van der Waals surface area (Å²) in [6.45, 7) is 2.33. The van der Waals surface area contributed by atoms with Crippen LogP contribution in [0.4, 0.5) is 0 Å². The largest absolute Gasteiger partial charge is 0.508 e. The Morgan fingerprint density at radius 3 is 3.06 bits per heavy atom. The minimum Gasteiger partial charge on any atom is -0.508 e. The van der Waals surface area contributed by atoms with Crippen LogP contribution in [-0.2, 0) is 11.2 Å². The third-order valence-corrected chi connectivity index (χ3v) is 3.08. The molecule has 17 heavy (non-hydrogen) atoms. The van der Waals surface area contributed by atoms with Crippen molar-refractivity contribution in [2.75, 3.05) is 26.7 Å². The van der Waals surface area contributed by atoms with Crippen molar-refractivity contribution in [3.05, 3.63) is 29.8 Å². The lowest BCUT2D eigenvalue weighted by Crippen LogP contribution is -2.46. The van der Waals surface area contributed by atoms with Crippen molar-refractivity contribution in [2.45, 2.75) is 18.6 Å². The summed E-state index contributed by atoms with van der Waals surface area (Å²) in [5, 5.41) is 19.5. The van der Waals surface area contributed by atoms with Crippen LogP contribution in [0.1, 0.15) is 5.56 Å². The number of likely N-dealkylation sites (N-methyl/N-ethyl adjacent to an activating group) is 1. The molecule has 2 unspecified atom stereocenters. The Kier molecular flexibility index (Phi) is 3.99. The summed E-state index contributed by atoms with van der Waals surface area (Å²) >= 11 is 0. The lowest BCUT2D eigenvalue weighted by atomic mass is 10.0. The van der Waals surface area contributed by atoms with Crippen molar-refractivity contribution < 1.29 is 14.9 Å². The lowest BCUT2D eigenvalue weighted by Gasteiger charge is -2.33. The number of phenols is 1. The lowest BCUT2D eigenvalue weighted by molar-refractivity contribution is -0.0823. The van der Waals surface area contributed by atoms with Crippen molar-refractivity contribution in [3.63, 3.8) is 0 Å². The van der Waals surface area contributed by atoms with Gasteiger partial charge in [0.1, 0.15) is 5.75 Å². The molecule has 1 saturated heterocycles. The smallest absolute Gasteiger partial charge is 0.115 e. The summed E-state index contributed by atoms with van der Waals surface area (Å²) in [5.41, 5.74) is 0.925. The van der Waals surface area contributed by atoms with Gasteiger partial charge in [-0.05, 0) is 24.7 Å². The molecule has 0 bridgehead atoms. The molecule has 4 nitrogen and oxygen atoms in total. The molecule has 1 aromatic carbocycles. The molecule has 2 N–H and O–H groups in total. The molecule has 0 spiro atoms. The van der Waals surface area contributed by atoms with Crippen LogP contribution in [0.5, 0.6) is 5.75 Å². The molecule has 0 aromatic heterocycles. The van der Waals surface area contributed by atoms with Gasteiger partial charge in [0.2, 0.25) is 0 Å². The predicted molar refractivity (Wildman–Crippen MR) is 65.1 cm³/mol. The van der Waals surface area contributed by atoms with Crippen LogP contribution in [0.3, 0.4) is 0 Å². The van der Waals surface area contributed by atoms with E-state index in [1.165, 1.54) is 0 Å². The predicted octanol–water partition coefficient (Wildman–Crippen LogP) is 0.626. The summed E-state index contributed by atoms with van der Waals surface area (Å²) in [5.74, 6) is 0.233. The molecule has 1 aromatic rings. The van der Waals surface area contributed by atoms with E-state index in [1.54, 1.807) is 18.2 Å². The highest BCUT2D eigenvalue weighted by molar-refractivity contribution is 5.27. The van der Waals surface area contributed by atoms with Gasteiger partial charge in [0.05, 0.1) is 18.8 Å². The van der Waals surface area contributed by atoms with Crippen LogP contribution in [-0.4, -0.2) is 54.1 Å². The van der Waals surface area contributed by atoms with Crippen LogP contribution in [0.15, 0.2) is 24.3 Å². The summed E-state index contributed by atoms with van der Waals surface area (Å²) in [6.07, 6.45) is -0.164. The van der Waals surface area contributed by atoms with Crippen molar-refractivity contribution in [1.82, 2.24) is 4.90 Å². The molecule has 1 heterocycles. The molecule has 0 radical (unpaired) electrons. The molecule has 0 amide bonds. The molecule has 1 aliphatic rings. The highest BCUT2D eigenvalue weighted by Gasteiger charge is 2.25. The van der Waals surface area contributed by atoms with Crippen LogP contribution >= 0.6 is 0 Å². The fourth-order valence-corrected chi connectivity index (χ4v) is 2.10. The van der Waals surface area contributed by atoms with Gasteiger partial charge in [-0.2, -0.15) is 0 Å². The highest BCUT2D eigenvalue weighted by Crippen LogP contribution is 2.16. The Balaban J connectivity index is 1.94. The Bertz CT molecular complexity index is 369. The van der Waals surface area contributed by atoms with Gasteiger partial charge in [-0.15, -0.1) is 0 Å². The third kappa shape index (κ3) is 3.43. The molecule has 4 heteroatoms. The van der Waals surface area contributed by atoms with E-state index >= 15 is 0 Å². The topological polar surface area (TPSA) is 52.9 Å². The summed E-state index contributed by atoms with van der Waals surface area (Å²) in [4.78, 5) is 2.15. The van der Waals surface area contributed by atoms with E-state index in [0.29, 0.717) is 13.0 Å². The number of benzene rings is 1. The number of hydrogen-bond donors (Lipinski definition) is 2. The number of hydrogen-bond acceptors (Lipinski definition) is 4. The molecule has 1 fully saturated rings. The zero-order valence-corrected chi connectivity index (χ0v) is 10.0. The number of phenolic OH excluding ortho intramolecular Hbond substituents is 1. The summed E-state index contributed by atoms with van der Waals surface area (Å²) < 4.78 is 5.56. The number of rotatable bonds is 3. The van der Waals surface area contributed by atoms with Crippen molar-refractivity contribution >= 4 is 0 Å². The van der Waals surface area contributed by atoms with Gasteiger partial charge in [0.15, 0.2) is 0 Å². The van der Waals surface area contributed by atoms with Crippen molar-refractivity contribution in [3.8, 4) is 5.75 Å². The number of aromatic hydroxyl groups is 1. The number of aliphatic hydroxyl groups excluding tert-OH is 1. The van der Waals surface area contributed by atoms with E-state index in [0.717, 1.165) is 18.7 Å². The molecule has 0 saturated carbocycles. The monoisotopic (exact) mass is 237 g/mol. The summed E-state index contributed by atoms with van der Waals surface area (Å²) in [6, 6.07) is 6.98. The number of nitrogens with zero attached hydrogens (tertiary/aromatic N) is 1. The molecular weight excluding hydrogens is 218 g/mol. The number of morpholine rings is 1. The first-order chi connectivity index (χ1) is 8.15. The van der Waals surface area contributed by atoms with E-state index in [-0.39, 0.29) is 11.9 Å². The quantitative estimate of drug-likeness (QED) is 0.809. The Morgan fingerprint density at radius 2 is 2.35 bits per heavy atom. The van der Waals surface area contributed by atoms with Crippen LogP contribution in [0, 0.1) is 0 Å². The maximum atomic E-state index is 10.1. The van der Waals surface area contributed by atoms with Crippen LogP contribution in [0.2, 0.25) is 0 Å². The van der Waals surface area contributed by atoms with E-state index in [1.807, 2.05) is 13.1 Å². The molecule has 1 aliphatic heterocycles. The molecule has 0 aliphatic carbocycles. The zero-order chi connectivity index (χ0) is 12.3.